The highest BCUT2D eigenvalue weighted by molar-refractivity contribution is 9.10. The summed E-state index contributed by atoms with van der Waals surface area (Å²) < 4.78 is 3.32. The van der Waals surface area contributed by atoms with E-state index in [0.717, 1.165) is 32.6 Å². The standard InChI is InChI=1S/C43H27BrN2/c44-31-24-20-30(21-25-31)43-45-39-18-7-8-19-40(39)46(43)32-26-22-29(23-27-32)41-35-13-3-5-15-37(35)42(38-16-6-4-14-36(38)41)34-17-9-11-28-10-1-2-12-33(28)34/h1-27H. The summed E-state index contributed by atoms with van der Waals surface area (Å²) in [5, 5.41) is 7.54. The average molecular weight is 652 g/mol. The normalized spacial score (nSPS) is 11.6. The van der Waals surface area contributed by atoms with Crippen molar-refractivity contribution in [2.75, 3.05) is 0 Å². The Kier molecular flexibility index (Phi) is 6.32. The molecule has 3 heteroatoms. The highest BCUT2D eigenvalue weighted by Crippen LogP contribution is 2.45. The molecule has 0 N–H and O–H groups in total. The minimum Gasteiger partial charge on any atom is -0.292 e. The second kappa shape index (κ2) is 10.8. The van der Waals surface area contributed by atoms with Crippen molar-refractivity contribution >= 4 is 59.3 Å². The molecule has 0 bridgehead atoms. The molecule has 0 spiro atoms. The van der Waals surface area contributed by atoms with Gasteiger partial charge in [0.2, 0.25) is 0 Å². The van der Waals surface area contributed by atoms with E-state index in [9.17, 15) is 0 Å². The second-order valence-electron chi connectivity index (χ2n) is 11.7. The first-order chi connectivity index (χ1) is 22.7. The summed E-state index contributed by atoms with van der Waals surface area (Å²) in [7, 11) is 0. The molecule has 8 aromatic carbocycles. The van der Waals surface area contributed by atoms with Crippen molar-refractivity contribution in [1.29, 1.82) is 0 Å². The van der Waals surface area contributed by atoms with Crippen molar-refractivity contribution in [2.24, 2.45) is 0 Å². The molecule has 0 aliphatic heterocycles. The van der Waals surface area contributed by atoms with Gasteiger partial charge in [-0.3, -0.25) is 4.57 Å². The van der Waals surface area contributed by atoms with E-state index >= 15 is 0 Å². The van der Waals surface area contributed by atoms with Gasteiger partial charge in [-0.05, 0) is 91.0 Å². The van der Waals surface area contributed by atoms with Gasteiger partial charge in [0.25, 0.3) is 0 Å². The van der Waals surface area contributed by atoms with Gasteiger partial charge in [-0.25, -0.2) is 4.98 Å². The lowest BCUT2D eigenvalue weighted by Crippen LogP contribution is -1.98. The number of nitrogens with zero attached hydrogens (tertiary/aromatic N) is 2. The van der Waals surface area contributed by atoms with Crippen molar-refractivity contribution in [2.45, 2.75) is 0 Å². The number of rotatable bonds is 4. The fourth-order valence-electron chi connectivity index (χ4n) is 7.03. The number of imidazole rings is 1. The Labute approximate surface area is 275 Å². The molecule has 0 unspecified atom stereocenters. The van der Waals surface area contributed by atoms with Gasteiger partial charge >= 0.3 is 0 Å². The number of benzene rings is 8. The molecular weight excluding hydrogens is 624 g/mol. The van der Waals surface area contributed by atoms with E-state index < -0.39 is 0 Å². The lowest BCUT2D eigenvalue weighted by Gasteiger charge is -2.19. The Morgan fingerprint density at radius 2 is 0.978 bits per heavy atom. The number of aromatic nitrogens is 2. The average Bonchev–Trinajstić information content (AvgIpc) is 3.50. The van der Waals surface area contributed by atoms with Gasteiger partial charge in [-0.1, -0.05) is 143 Å². The van der Waals surface area contributed by atoms with Crippen LogP contribution in [0.5, 0.6) is 0 Å². The van der Waals surface area contributed by atoms with Crippen LogP contribution in [-0.4, -0.2) is 9.55 Å². The third kappa shape index (κ3) is 4.28. The Balaban J connectivity index is 1.27. The Morgan fingerprint density at radius 1 is 0.435 bits per heavy atom. The molecule has 0 aliphatic rings. The van der Waals surface area contributed by atoms with Crippen LogP contribution in [0.1, 0.15) is 0 Å². The highest BCUT2D eigenvalue weighted by atomic mass is 79.9. The first kappa shape index (κ1) is 26.9. The summed E-state index contributed by atoms with van der Waals surface area (Å²) in [6.45, 7) is 0. The van der Waals surface area contributed by atoms with Gasteiger partial charge in [0, 0.05) is 15.7 Å². The third-order valence-electron chi connectivity index (χ3n) is 9.07. The van der Waals surface area contributed by atoms with E-state index in [0.29, 0.717) is 0 Å². The van der Waals surface area contributed by atoms with Crippen LogP contribution >= 0.6 is 15.9 Å². The summed E-state index contributed by atoms with van der Waals surface area (Å²) in [6.07, 6.45) is 0. The van der Waals surface area contributed by atoms with Crippen molar-refractivity contribution in [1.82, 2.24) is 9.55 Å². The Morgan fingerprint density at radius 3 is 1.67 bits per heavy atom. The number of hydrogen-bond acceptors (Lipinski definition) is 1. The van der Waals surface area contributed by atoms with E-state index in [1.807, 2.05) is 6.07 Å². The van der Waals surface area contributed by atoms with Gasteiger partial charge < -0.3 is 0 Å². The molecule has 0 amide bonds. The van der Waals surface area contributed by atoms with Gasteiger partial charge in [-0.2, -0.15) is 0 Å². The second-order valence-corrected chi connectivity index (χ2v) is 12.6. The molecule has 2 nitrogen and oxygen atoms in total. The smallest absolute Gasteiger partial charge is 0.145 e. The predicted octanol–water partition coefficient (Wildman–Crippen LogP) is 12.2. The molecule has 9 aromatic rings. The highest BCUT2D eigenvalue weighted by Gasteiger charge is 2.19. The summed E-state index contributed by atoms with van der Waals surface area (Å²) in [6, 6.07) is 58.8. The molecule has 1 aromatic heterocycles. The molecule has 9 rings (SSSR count). The van der Waals surface area contributed by atoms with Crippen molar-refractivity contribution in [3.8, 4) is 39.3 Å². The summed E-state index contributed by atoms with van der Waals surface area (Å²) in [5.74, 6) is 0.928. The molecule has 0 saturated heterocycles. The fraction of sp³-hybridized carbons (Fsp3) is 0. The first-order valence-electron chi connectivity index (χ1n) is 15.5. The van der Waals surface area contributed by atoms with Gasteiger partial charge in [-0.15, -0.1) is 0 Å². The summed E-state index contributed by atoms with van der Waals surface area (Å²) >= 11 is 3.58. The lowest BCUT2D eigenvalue weighted by molar-refractivity contribution is 1.10. The molecule has 0 fully saturated rings. The zero-order chi connectivity index (χ0) is 30.6. The first-order valence-corrected chi connectivity index (χ1v) is 16.3. The molecule has 216 valence electrons. The Bertz CT molecular complexity index is 2520. The maximum atomic E-state index is 5.06. The number of para-hydroxylation sites is 2. The molecule has 0 saturated carbocycles. The largest absolute Gasteiger partial charge is 0.292 e. The van der Waals surface area contributed by atoms with E-state index in [4.69, 9.17) is 4.98 Å². The van der Waals surface area contributed by atoms with Crippen LogP contribution in [0.15, 0.2) is 168 Å². The van der Waals surface area contributed by atoms with Gasteiger partial charge in [0.15, 0.2) is 0 Å². The molecule has 0 atom stereocenters. The zero-order valence-electron chi connectivity index (χ0n) is 24.9. The minimum atomic E-state index is 0.928. The molecule has 46 heavy (non-hydrogen) atoms. The van der Waals surface area contributed by atoms with Gasteiger partial charge in [0.05, 0.1) is 11.0 Å². The topological polar surface area (TPSA) is 17.8 Å². The summed E-state index contributed by atoms with van der Waals surface area (Å²) in [4.78, 5) is 5.06. The lowest BCUT2D eigenvalue weighted by atomic mass is 9.85. The number of fused-ring (bicyclic) bond motifs is 4. The van der Waals surface area contributed by atoms with Gasteiger partial charge in [0.1, 0.15) is 5.82 Å². The molecule has 0 radical (unpaired) electrons. The van der Waals surface area contributed by atoms with Crippen LogP contribution in [-0.2, 0) is 0 Å². The quantitative estimate of drug-likeness (QED) is 0.173. The van der Waals surface area contributed by atoms with Crippen LogP contribution in [0.2, 0.25) is 0 Å². The van der Waals surface area contributed by atoms with Crippen molar-refractivity contribution in [3.05, 3.63) is 168 Å². The summed E-state index contributed by atoms with van der Waals surface area (Å²) in [5.41, 5.74) is 9.21. The van der Waals surface area contributed by atoms with E-state index in [2.05, 4.69) is 178 Å². The maximum Gasteiger partial charge on any atom is 0.145 e. The minimum absolute atomic E-state index is 0.928. The number of halogens is 1. The molecule has 0 aliphatic carbocycles. The monoisotopic (exact) mass is 650 g/mol. The van der Waals surface area contributed by atoms with Crippen molar-refractivity contribution < 1.29 is 0 Å². The van der Waals surface area contributed by atoms with Crippen LogP contribution in [0.25, 0.3) is 82.7 Å². The van der Waals surface area contributed by atoms with E-state index in [1.54, 1.807) is 0 Å². The van der Waals surface area contributed by atoms with Crippen LogP contribution in [0.3, 0.4) is 0 Å². The van der Waals surface area contributed by atoms with Crippen LogP contribution in [0.4, 0.5) is 0 Å². The SMILES string of the molecule is Brc1ccc(-c2nc3ccccc3n2-c2ccc(-c3c4ccccc4c(-c4cccc5ccccc45)c4ccccc34)cc2)cc1. The van der Waals surface area contributed by atoms with Crippen LogP contribution < -0.4 is 0 Å². The Hall–Kier alpha value is -5.51. The van der Waals surface area contributed by atoms with Crippen molar-refractivity contribution in [3.63, 3.8) is 0 Å². The molecular formula is C43H27BrN2. The predicted molar refractivity (Wildman–Crippen MR) is 198 cm³/mol. The third-order valence-corrected chi connectivity index (χ3v) is 9.60. The number of hydrogen-bond donors (Lipinski definition) is 0. The maximum absolute atomic E-state index is 5.06. The van der Waals surface area contributed by atoms with E-state index in [-0.39, 0.29) is 0 Å². The van der Waals surface area contributed by atoms with Crippen LogP contribution in [0, 0.1) is 0 Å². The fourth-order valence-corrected chi connectivity index (χ4v) is 7.29. The zero-order valence-corrected chi connectivity index (χ0v) is 26.4. The molecule has 1 heterocycles. The van der Waals surface area contributed by atoms with E-state index in [1.165, 1.54) is 54.6 Å².